The highest BCUT2D eigenvalue weighted by atomic mass is 79.9. The van der Waals surface area contributed by atoms with Gasteiger partial charge in [0.2, 0.25) is 0 Å². The molecule has 0 N–H and O–H groups in total. The van der Waals surface area contributed by atoms with Gasteiger partial charge in [-0.2, -0.15) is 0 Å². The molecular formula is C14H11BrClNS. The molecule has 1 heterocycles. The van der Waals surface area contributed by atoms with E-state index < -0.39 is 0 Å². The SMILES string of the molecule is CN1Sc2cc(Br)ccc2C(Cl)c2ccccc21. The summed E-state index contributed by atoms with van der Waals surface area (Å²) in [7, 11) is 2.07. The van der Waals surface area contributed by atoms with Crippen LogP contribution in [-0.4, -0.2) is 7.05 Å². The molecule has 0 aromatic heterocycles. The molecule has 2 aromatic carbocycles. The number of para-hydroxylation sites is 1. The van der Waals surface area contributed by atoms with E-state index >= 15 is 0 Å². The molecule has 0 radical (unpaired) electrons. The van der Waals surface area contributed by atoms with E-state index in [1.165, 1.54) is 16.1 Å². The standard InChI is InChI=1S/C14H11BrClNS/c1-17-12-5-3-2-4-10(12)14(16)11-7-6-9(15)8-13(11)18-17/h2-8,14H,1H3. The Bertz CT molecular complexity index is 602. The molecule has 0 fully saturated rings. The van der Waals surface area contributed by atoms with Crippen LogP contribution in [0.1, 0.15) is 16.5 Å². The van der Waals surface area contributed by atoms with Crippen molar-refractivity contribution in [3.63, 3.8) is 0 Å². The van der Waals surface area contributed by atoms with Crippen molar-refractivity contribution in [1.82, 2.24) is 0 Å². The van der Waals surface area contributed by atoms with Gasteiger partial charge in [-0.05, 0) is 41.3 Å². The van der Waals surface area contributed by atoms with Gasteiger partial charge in [0.15, 0.2) is 0 Å². The third kappa shape index (κ3) is 2.04. The monoisotopic (exact) mass is 339 g/mol. The van der Waals surface area contributed by atoms with Crippen LogP contribution in [0.4, 0.5) is 5.69 Å². The third-order valence-corrected chi connectivity index (χ3v) is 5.02. The molecule has 1 unspecified atom stereocenters. The minimum Gasteiger partial charge on any atom is -0.315 e. The number of fused-ring (bicyclic) bond motifs is 2. The summed E-state index contributed by atoms with van der Waals surface area (Å²) in [6.45, 7) is 0. The Hall–Kier alpha value is -0.640. The molecule has 1 aliphatic heterocycles. The maximum atomic E-state index is 6.64. The number of hydrogen-bond donors (Lipinski definition) is 0. The summed E-state index contributed by atoms with van der Waals surface area (Å²) < 4.78 is 3.25. The van der Waals surface area contributed by atoms with Crippen LogP contribution in [0.5, 0.6) is 0 Å². The van der Waals surface area contributed by atoms with E-state index in [-0.39, 0.29) is 5.38 Å². The van der Waals surface area contributed by atoms with Crippen molar-refractivity contribution < 1.29 is 0 Å². The average molecular weight is 341 g/mol. The fourth-order valence-corrected chi connectivity index (χ4v) is 4.13. The zero-order chi connectivity index (χ0) is 12.7. The van der Waals surface area contributed by atoms with Gasteiger partial charge in [0, 0.05) is 16.4 Å². The van der Waals surface area contributed by atoms with Crippen LogP contribution in [0, 0.1) is 0 Å². The zero-order valence-electron chi connectivity index (χ0n) is 9.73. The summed E-state index contributed by atoms with van der Waals surface area (Å²) in [6.07, 6.45) is 0. The number of halogens is 2. The minimum atomic E-state index is -0.0956. The number of nitrogens with zero attached hydrogens (tertiary/aromatic N) is 1. The van der Waals surface area contributed by atoms with Crippen LogP contribution in [0.3, 0.4) is 0 Å². The van der Waals surface area contributed by atoms with Gasteiger partial charge >= 0.3 is 0 Å². The van der Waals surface area contributed by atoms with E-state index in [0.29, 0.717) is 0 Å². The lowest BCUT2D eigenvalue weighted by molar-refractivity contribution is 1.09. The largest absolute Gasteiger partial charge is 0.315 e. The van der Waals surface area contributed by atoms with Crippen molar-refractivity contribution >= 4 is 45.2 Å². The minimum absolute atomic E-state index is 0.0956. The predicted octanol–water partition coefficient (Wildman–Crippen LogP) is 5.23. The molecule has 1 atom stereocenters. The molecule has 92 valence electrons. The van der Waals surface area contributed by atoms with Crippen molar-refractivity contribution in [2.24, 2.45) is 0 Å². The Labute approximate surface area is 124 Å². The predicted molar refractivity (Wildman–Crippen MR) is 82.5 cm³/mol. The molecule has 0 saturated heterocycles. The van der Waals surface area contributed by atoms with E-state index in [1.54, 1.807) is 11.9 Å². The van der Waals surface area contributed by atoms with Gasteiger partial charge in [0.25, 0.3) is 0 Å². The van der Waals surface area contributed by atoms with Crippen molar-refractivity contribution in [2.75, 3.05) is 11.4 Å². The Kier molecular flexibility index (Phi) is 3.31. The van der Waals surface area contributed by atoms with Crippen LogP contribution in [-0.2, 0) is 0 Å². The molecule has 4 heteroatoms. The molecule has 2 aromatic rings. The molecule has 3 rings (SSSR count). The van der Waals surface area contributed by atoms with E-state index in [4.69, 9.17) is 11.6 Å². The summed E-state index contributed by atoms with van der Waals surface area (Å²) in [5.41, 5.74) is 3.51. The molecular weight excluding hydrogens is 330 g/mol. The summed E-state index contributed by atoms with van der Waals surface area (Å²) in [5.74, 6) is 0. The van der Waals surface area contributed by atoms with Gasteiger partial charge in [-0.15, -0.1) is 11.6 Å². The smallest absolute Gasteiger partial charge is 0.0867 e. The van der Waals surface area contributed by atoms with E-state index in [9.17, 15) is 0 Å². The van der Waals surface area contributed by atoms with Crippen molar-refractivity contribution in [3.8, 4) is 0 Å². The Morgan fingerprint density at radius 2 is 1.94 bits per heavy atom. The Balaban J connectivity index is 2.21. The van der Waals surface area contributed by atoms with Gasteiger partial charge in [-0.3, -0.25) is 0 Å². The van der Waals surface area contributed by atoms with E-state index in [0.717, 1.165) is 10.0 Å². The lowest BCUT2D eigenvalue weighted by atomic mass is 10.0. The lowest BCUT2D eigenvalue weighted by Crippen LogP contribution is -2.06. The van der Waals surface area contributed by atoms with Gasteiger partial charge in [-0.1, -0.05) is 40.2 Å². The summed E-state index contributed by atoms with van der Waals surface area (Å²) in [5, 5.41) is -0.0956. The maximum Gasteiger partial charge on any atom is 0.0867 e. The number of alkyl halides is 1. The van der Waals surface area contributed by atoms with Gasteiger partial charge in [-0.25, -0.2) is 0 Å². The molecule has 0 saturated carbocycles. The second-order valence-electron chi connectivity index (χ2n) is 4.19. The first-order valence-corrected chi connectivity index (χ1v) is 7.61. The first kappa shape index (κ1) is 12.4. The highest BCUT2D eigenvalue weighted by molar-refractivity contribution is 9.10. The third-order valence-electron chi connectivity index (χ3n) is 3.03. The Morgan fingerprint density at radius 3 is 2.78 bits per heavy atom. The summed E-state index contributed by atoms with van der Waals surface area (Å²) >= 11 is 11.9. The number of anilines is 1. The van der Waals surface area contributed by atoms with Crippen LogP contribution >= 0.6 is 39.5 Å². The summed E-state index contributed by atoms with van der Waals surface area (Å²) in [4.78, 5) is 1.20. The van der Waals surface area contributed by atoms with Gasteiger partial charge in [0.05, 0.1) is 11.1 Å². The zero-order valence-corrected chi connectivity index (χ0v) is 12.9. The molecule has 0 amide bonds. The maximum absolute atomic E-state index is 6.64. The number of rotatable bonds is 0. The van der Waals surface area contributed by atoms with Crippen LogP contribution in [0.25, 0.3) is 0 Å². The fraction of sp³-hybridized carbons (Fsp3) is 0.143. The lowest BCUT2D eigenvalue weighted by Gasteiger charge is -2.18. The average Bonchev–Trinajstić information content (AvgIpc) is 2.47. The highest BCUT2D eigenvalue weighted by Crippen LogP contribution is 2.46. The van der Waals surface area contributed by atoms with E-state index in [1.807, 2.05) is 18.2 Å². The van der Waals surface area contributed by atoms with Crippen LogP contribution in [0.2, 0.25) is 0 Å². The molecule has 1 aliphatic rings. The second kappa shape index (κ2) is 4.80. The van der Waals surface area contributed by atoms with Crippen LogP contribution < -0.4 is 4.31 Å². The molecule has 0 bridgehead atoms. The number of benzene rings is 2. The normalized spacial score (nSPS) is 17.9. The second-order valence-corrected chi connectivity index (χ2v) is 6.71. The molecule has 0 aliphatic carbocycles. The van der Waals surface area contributed by atoms with Gasteiger partial charge < -0.3 is 4.31 Å². The fourth-order valence-electron chi connectivity index (χ4n) is 2.15. The summed E-state index contributed by atoms with van der Waals surface area (Å²) in [6, 6.07) is 14.6. The highest BCUT2D eigenvalue weighted by Gasteiger charge is 2.24. The molecule has 1 nitrogen and oxygen atoms in total. The van der Waals surface area contributed by atoms with Crippen molar-refractivity contribution in [3.05, 3.63) is 58.1 Å². The first-order chi connectivity index (χ1) is 8.66. The quantitative estimate of drug-likeness (QED) is 0.477. The van der Waals surface area contributed by atoms with Gasteiger partial charge in [0.1, 0.15) is 0 Å². The number of hydrogen-bond acceptors (Lipinski definition) is 2. The molecule has 18 heavy (non-hydrogen) atoms. The Morgan fingerprint density at radius 1 is 1.17 bits per heavy atom. The van der Waals surface area contributed by atoms with E-state index in [2.05, 4.69) is 51.5 Å². The first-order valence-electron chi connectivity index (χ1n) is 5.61. The van der Waals surface area contributed by atoms with Crippen LogP contribution in [0.15, 0.2) is 51.8 Å². The topological polar surface area (TPSA) is 3.24 Å². The van der Waals surface area contributed by atoms with Crippen molar-refractivity contribution in [2.45, 2.75) is 10.3 Å². The molecule has 0 spiro atoms. The van der Waals surface area contributed by atoms with Crippen molar-refractivity contribution in [1.29, 1.82) is 0 Å².